The smallest absolute Gasteiger partial charge is 0.384 e. The Balaban J connectivity index is 1.57. The SMILES string of the molecule is [2H]C([2H])(c1ccnc(N)c1)n1ccc2c(NC(=O)Nc3ccc(C(F)(F)F)cc3)cccc21. The number of carbonyl (C=O) groups is 1. The van der Waals surface area contributed by atoms with Crippen molar-refractivity contribution in [3.63, 3.8) is 0 Å². The number of hydrogen-bond donors (Lipinski definition) is 3. The number of nitrogen functional groups attached to an aromatic ring is 1. The number of nitrogens with two attached hydrogens (primary N) is 1. The zero-order valence-electron chi connectivity index (χ0n) is 17.9. The molecular formula is C22H18F3N5O. The topological polar surface area (TPSA) is 85.0 Å². The molecule has 0 bridgehead atoms. The number of aromatic nitrogens is 2. The summed E-state index contributed by atoms with van der Waals surface area (Å²) in [4.78, 5) is 16.3. The summed E-state index contributed by atoms with van der Waals surface area (Å²) in [7, 11) is 0. The molecule has 2 aromatic carbocycles. The number of anilines is 3. The standard InChI is InChI=1S/C22H18F3N5O/c23-22(24,25)15-4-6-16(7-5-15)28-21(31)29-18-2-1-3-19-17(18)9-11-30(19)13-14-8-10-27-20(26)12-14/h1-12H,13H2,(H2,26,27)(H2,28,29,31)/i13D2. The molecule has 0 aliphatic heterocycles. The number of fused-ring (bicyclic) bond motifs is 1. The van der Waals surface area contributed by atoms with Crippen molar-refractivity contribution in [3.8, 4) is 0 Å². The van der Waals surface area contributed by atoms with Crippen molar-refractivity contribution in [2.75, 3.05) is 16.4 Å². The van der Waals surface area contributed by atoms with Crippen LogP contribution in [0.1, 0.15) is 13.9 Å². The highest BCUT2D eigenvalue weighted by atomic mass is 19.4. The number of pyridine rings is 1. The highest BCUT2D eigenvalue weighted by Crippen LogP contribution is 2.30. The van der Waals surface area contributed by atoms with Crippen LogP contribution in [0.3, 0.4) is 0 Å². The fourth-order valence-corrected chi connectivity index (χ4v) is 3.06. The number of halogens is 3. The van der Waals surface area contributed by atoms with Crippen molar-refractivity contribution in [3.05, 3.63) is 84.2 Å². The summed E-state index contributed by atoms with van der Waals surface area (Å²) in [6.07, 6.45) is -1.48. The lowest BCUT2D eigenvalue weighted by molar-refractivity contribution is -0.137. The van der Waals surface area contributed by atoms with Gasteiger partial charge in [-0.1, -0.05) is 6.07 Å². The molecule has 4 aromatic rings. The maximum atomic E-state index is 12.7. The van der Waals surface area contributed by atoms with Crippen molar-refractivity contribution in [1.29, 1.82) is 0 Å². The maximum Gasteiger partial charge on any atom is 0.416 e. The summed E-state index contributed by atoms with van der Waals surface area (Å²) >= 11 is 0. The molecule has 0 fully saturated rings. The number of benzene rings is 2. The molecule has 31 heavy (non-hydrogen) atoms. The Bertz CT molecular complexity index is 1320. The summed E-state index contributed by atoms with van der Waals surface area (Å²) < 4.78 is 56.7. The second kappa shape index (κ2) is 8.02. The van der Waals surface area contributed by atoms with E-state index < -0.39 is 24.3 Å². The number of urea groups is 1. The first-order valence-electron chi connectivity index (χ1n) is 10.1. The van der Waals surface area contributed by atoms with Gasteiger partial charge in [0.2, 0.25) is 0 Å². The molecule has 0 unspecified atom stereocenters. The Morgan fingerprint density at radius 3 is 2.58 bits per heavy atom. The molecule has 0 saturated carbocycles. The van der Waals surface area contributed by atoms with E-state index in [1.54, 1.807) is 30.5 Å². The Morgan fingerprint density at radius 2 is 1.87 bits per heavy atom. The molecule has 2 heterocycles. The van der Waals surface area contributed by atoms with Gasteiger partial charge in [0.05, 0.1) is 19.5 Å². The quantitative estimate of drug-likeness (QED) is 0.412. The average molecular weight is 427 g/mol. The van der Waals surface area contributed by atoms with Crippen LogP contribution in [0.15, 0.2) is 73.1 Å². The van der Waals surface area contributed by atoms with Crippen molar-refractivity contribution in [1.82, 2.24) is 9.55 Å². The van der Waals surface area contributed by atoms with Crippen LogP contribution in [0.4, 0.5) is 35.2 Å². The van der Waals surface area contributed by atoms with Crippen LogP contribution in [0.2, 0.25) is 0 Å². The molecule has 2 aromatic heterocycles. The highest BCUT2D eigenvalue weighted by molar-refractivity contribution is 6.05. The van der Waals surface area contributed by atoms with E-state index in [0.717, 1.165) is 24.3 Å². The van der Waals surface area contributed by atoms with Gasteiger partial charge in [-0.3, -0.25) is 0 Å². The molecule has 0 aliphatic carbocycles. The van der Waals surface area contributed by atoms with E-state index in [4.69, 9.17) is 8.48 Å². The molecule has 0 atom stereocenters. The van der Waals surface area contributed by atoms with Crippen LogP contribution in [0.25, 0.3) is 10.9 Å². The number of carbonyl (C=O) groups excluding carboxylic acids is 1. The predicted octanol–water partition coefficient (Wildman–Crippen LogP) is 5.33. The monoisotopic (exact) mass is 427 g/mol. The van der Waals surface area contributed by atoms with Gasteiger partial charge >= 0.3 is 12.2 Å². The van der Waals surface area contributed by atoms with Crippen LogP contribution >= 0.6 is 0 Å². The third kappa shape index (κ3) is 4.61. The zero-order chi connectivity index (χ0) is 23.8. The van der Waals surface area contributed by atoms with Gasteiger partial charge in [0.25, 0.3) is 0 Å². The Morgan fingerprint density at radius 1 is 1.10 bits per heavy atom. The van der Waals surface area contributed by atoms with E-state index in [1.165, 1.54) is 22.9 Å². The molecule has 158 valence electrons. The second-order valence-electron chi connectivity index (χ2n) is 6.66. The van der Waals surface area contributed by atoms with Gasteiger partial charge in [0, 0.05) is 30.0 Å². The molecule has 0 spiro atoms. The summed E-state index contributed by atoms with van der Waals surface area (Å²) in [5.74, 6) is 0.190. The number of nitrogens with zero attached hydrogens (tertiary/aromatic N) is 2. The van der Waals surface area contributed by atoms with Gasteiger partial charge in [-0.15, -0.1) is 0 Å². The van der Waals surface area contributed by atoms with Gasteiger partial charge in [0.1, 0.15) is 5.82 Å². The summed E-state index contributed by atoms with van der Waals surface area (Å²) in [5, 5.41) is 5.71. The Labute approximate surface area is 178 Å². The molecule has 2 amide bonds. The van der Waals surface area contributed by atoms with E-state index in [9.17, 15) is 18.0 Å². The van der Waals surface area contributed by atoms with Crippen molar-refractivity contribution < 1.29 is 20.7 Å². The fourth-order valence-electron chi connectivity index (χ4n) is 3.06. The molecule has 0 aliphatic rings. The van der Waals surface area contributed by atoms with Crippen LogP contribution in [0, 0.1) is 0 Å². The maximum absolute atomic E-state index is 12.7. The van der Waals surface area contributed by atoms with Crippen molar-refractivity contribution >= 4 is 34.1 Å². The van der Waals surface area contributed by atoms with Crippen LogP contribution in [-0.4, -0.2) is 15.6 Å². The Kier molecular flexibility index (Phi) is 4.61. The normalized spacial score (nSPS) is 12.9. The average Bonchev–Trinajstić information content (AvgIpc) is 3.19. The first-order valence-corrected chi connectivity index (χ1v) is 9.13. The molecule has 4 N–H and O–H groups in total. The second-order valence-corrected chi connectivity index (χ2v) is 6.66. The van der Waals surface area contributed by atoms with E-state index in [0.29, 0.717) is 22.2 Å². The largest absolute Gasteiger partial charge is 0.416 e. The van der Waals surface area contributed by atoms with Crippen molar-refractivity contribution in [2.45, 2.75) is 12.7 Å². The summed E-state index contributed by atoms with van der Waals surface area (Å²) in [5.41, 5.74) is 6.30. The summed E-state index contributed by atoms with van der Waals surface area (Å²) in [6.45, 7) is -1.94. The van der Waals surface area contributed by atoms with Gasteiger partial charge in [0.15, 0.2) is 0 Å². The lowest BCUT2D eigenvalue weighted by Crippen LogP contribution is -2.19. The molecule has 0 radical (unpaired) electrons. The molecular weight excluding hydrogens is 407 g/mol. The van der Waals surface area contributed by atoms with Crippen molar-refractivity contribution in [2.24, 2.45) is 0 Å². The van der Waals surface area contributed by atoms with E-state index in [2.05, 4.69) is 15.6 Å². The highest BCUT2D eigenvalue weighted by Gasteiger charge is 2.30. The molecule has 6 nitrogen and oxygen atoms in total. The van der Waals surface area contributed by atoms with Gasteiger partial charge in [-0.2, -0.15) is 13.2 Å². The predicted molar refractivity (Wildman–Crippen MR) is 114 cm³/mol. The molecule has 9 heteroatoms. The van der Waals surface area contributed by atoms with E-state index in [-0.39, 0.29) is 11.5 Å². The fraction of sp³-hybridized carbons (Fsp3) is 0.0909. The van der Waals surface area contributed by atoms with Gasteiger partial charge in [-0.05, 0) is 60.2 Å². The number of nitrogens with one attached hydrogen (secondary N) is 2. The summed E-state index contributed by atoms with van der Waals surface area (Å²) in [6, 6.07) is 13.1. The first kappa shape index (κ1) is 17.8. The number of amides is 2. The third-order valence-corrected chi connectivity index (χ3v) is 4.48. The van der Waals surface area contributed by atoms with E-state index in [1.807, 2.05) is 0 Å². The lowest BCUT2D eigenvalue weighted by Gasteiger charge is -2.11. The van der Waals surface area contributed by atoms with Gasteiger partial charge < -0.3 is 20.9 Å². The minimum Gasteiger partial charge on any atom is -0.384 e. The van der Waals surface area contributed by atoms with E-state index >= 15 is 0 Å². The van der Waals surface area contributed by atoms with Crippen LogP contribution in [0.5, 0.6) is 0 Å². The number of hydrogen-bond acceptors (Lipinski definition) is 3. The molecule has 0 saturated heterocycles. The zero-order valence-corrected chi connectivity index (χ0v) is 15.9. The van der Waals surface area contributed by atoms with Crippen LogP contribution in [-0.2, 0) is 12.7 Å². The number of alkyl halides is 3. The first-order chi connectivity index (χ1) is 15.6. The van der Waals surface area contributed by atoms with Gasteiger partial charge in [-0.25, -0.2) is 9.78 Å². The minimum absolute atomic E-state index is 0.190. The Hall–Kier alpha value is -4.01. The van der Waals surface area contributed by atoms with Crippen LogP contribution < -0.4 is 16.4 Å². The lowest BCUT2D eigenvalue weighted by atomic mass is 10.2. The third-order valence-electron chi connectivity index (χ3n) is 4.48. The minimum atomic E-state index is -4.46. The molecule has 4 rings (SSSR count). The number of rotatable bonds is 4.